The van der Waals surface area contributed by atoms with E-state index in [1.54, 1.807) is 14.1 Å². The standard InChI is InChI=1S/C17H15N5/c1-19-21-16-7-3-13(4-8-16)11-15(12-18)14-5-9-17(10-6-14)22-20-2/h3-11H,1-2H3/b15-11+,21-19?,22-20?. The van der Waals surface area contributed by atoms with Gasteiger partial charge in [0.05, 0.1) is 23.0 Å². The van der Waals surface area contributed by atoms with E-state index in [0.717, 1.165) is 22.5 Å². The van der Waals surface area contributed by atoms with Gasteiger partial charge < -0.3 is 0 Å². The van der Waals surface area contributed by atoms with Crippen LogP contribution in [0.2, 0.25) is 0 Å². The Labute approximate surface area is 129 Å². The molecule has 0 aromatic heterocycles. The molecule has 0 saturated heterocycles. The highest BCUT2D eigenvalue weighted by molar-refractivity contribution is 5.89. The Morgan fingerprint density at radius 3 is 1.82 bits per heavy atom. The van der Waals surface area contributed by atoms with Gasteiger partial charge in [-0.1, -0.05) is 24.3 Å². The Hall–Kier alpha value is -3.13. The van der Waals surface area contributed by atoms with Crippen LogP contribution in [-0.2, 0) is 0 Å². The minimum atomic E-state index is 0.588. The highest BCUT2D eigenvalue weighted by atomic mass is 15.1. The number of benzene rings is 2. The van der Waals surface area contributed by atoms with Crippen LogP contribution in [0.1, 0.15) is 11.1 Å². The number of rotatable bonds is 4. The van der Waals surface area contributed by atoms with Crippen LogP contribution in [0.3, 0.4) is 0 Å². The first-order valence-electron chi connectivity index (χ1n) is 6.69. The van der Waals surface area contributed by atoms with Crippen LogP contribution in [0.5, 0.6) is 0 Å². The lowest BCUT2D eigenvalue weighted by atomic mass is 10.0. The first-order chi connectivity index (χ1) is 10.8. The Kier molecular flexibility index (Phi) is 5.27. The van der Waals surface area contributed by atoms with E-state index in [1.807, 2.05) is 54.6 Å². The molecule has 0 saturated carbocycles. The van der Waals surface area contributed by atoms with E-state index in [9.17, 15) is 5.26 Å². The van der Waals surface area contributed by atoms with E-state index < -0.39 is 0 Å². The van der Waals surface area contributed by atoms with E-state index >= 15 is 0 Å². The third-order valence-electron chi connectivity index (χ3n) is 2.93. The summed E-state index contributed by atoms with van der Waals surface area (Å²) >= 11 is 0. The number of allylic oxidation sites excluding steroid dienone is 1. The Morgan fingerprint density at radius 2 is 1.36 bits per heavy atom. The second kappa shape index (κ2) is 7.60. The monoisotopic (exact) mass is 289 g/mol. The largest absolute Gasteiger partial charge is 0.192 e. The van der Waals surface area contributed by atoms with Gasteiger partial charge in [-0.25, -0.2) is 0 Å². The summed E-state index contributed by atoms with van der Waals surface area (Å²) in [5, 5.41) is 24.7. The molecule has 0 bridgehead atoms. The van der Waals surface area contributed by atoms with Gasteiger partial charge in [-0.05, 0) is 41.5 Å². The van der Waals surface area contributed by atoms with Crippen molar-refractivity contribution < 1.29 is 0 Å². The van der Waals surface area contributed by atoms with E-state index in [-0.39, 0.29) is 0 Å². The van der Waals surface area contributed by atoms with Crippen molar-refractivity contribution in [1.29, 1.82) is 5.26 Å². The van der Waals surface area contributed by atoms with Crippen LogP contribution < -0.4 is 0 Å². The Morgan fingerprint density at radius 1 is 0.864 bits per heavy atom. The predicted molar refractivity (Wildman–Crippen MR) is 87.2 cm³/mol. The van der Waals surface area contributed by atoms with Gasteiger partial charge in [-0.15, -0.1) is 0 Å². The number of hydrogen-bond acceptors (Lipinski definition) is 5. The molecule has 5 nitrogen and oxygen atoms in total. The fourth-order valence-electron chi connectivity index (χ4n) is 1.92. The molecule has 0 spiro atoms. The maximum absolute atomic E-state index is 9.36. The summed E-state index contributed by atoms with van der Waals surface area (Å²) in [6.07, 6.45) is 1.84. The van der Waals surface area contributed by atoms with Crippen molar-refractivity contribution in [1.82, 2.24) is 0 Å². The van der Waals surface area contributed by atoms with E-state index in [4.69, 9.17) is 0 Å². The van der Waals surface area contributed by atoms with Gasteiger partial charge in [0.25, 0.3) is 0 Å². The molecule has 0 heterocycles. The van der Waals surface area contributed by atoms with Gasteiger partial charge in [-0.2, -0.15) is 25.7 Å². The molecule has 0 atom stereocenters. The summed E-state index contributed by atoms with van der Waals surface area (Å²) < 4.78 is 0. The van der Waals surface area contributed by atoms with E-state index in [2.05, 4.69) is 26.5 Å². The summed E-state index contributed by atoms with van der Waals surface area (Å²) in [6, 6.07) is 17.1. The maximum Gasteiger partial charge on any atom is 0.0998 e. The van der Waals surface area contributed by atoms with E-state index in [0.29, 0.717) is 5.57 Å². The van der Waals surface area contributed by atoms with Crippen molar-refractivity contribution in [2.24, 2.45) is 20.5 Å². The topological polar surface area (TPSA) is 73.2 Å². The Balaban J connectivity index is 2.28. The van der Waals surface area contributed by atoms with Crippen molar-refractivity contribution >= 4 is 23.0 Å². The van der Waals surface area contributed by atoms with Gasteiger partial charge in [0, 0.05) is 14.1 Å². The van der Waals surface area contributed by atoms with Crippen molar-refractivity contribution in [2.75, 3.05) is 14.1 Å². The number of azo groups is 2. The lowest BCUT2D eigenvalue weighted by Crippen LogP contribution is -1.81. The molecule has 0 amide bonds. The fourth-order valence-corrected chi connectivity index (χ4v) is 1.92. The zero-order valence-corrected chi connectivity index (χ0v) is 12.4. The first-order valence-corrected chi connectivity index (χ1v) is 6.69. The second-order valence-corrected chi connectivity index (χ2v) is 4.41. The Bertz CT molecular complexity index is 747. The molecular weight excluding hydrogens is 274 g/mol. The van der Waals surface area contributed by atoms with Crippen LogP contribution >= 0.6 is 0 Å². The average Bonchev–Trinajstić information content (AvgIpc) is 2.56. The molecule has 2 aromatic rings. The van der Waals surface area contributed by atoms with Crippen LogP contribution in [0.25, 0.3) is 11.6 Å². The minimum Gasteiger partial charge on any atom is -0.192 e. The zero-order chi connectivity index (χ0) is 15.8. The molecule has 2 aromatic carbocycles. The third-order valence-corrected chi connectivity index (χ3v) is 2.93. The van der Waals surface area contributed by atoms with Crippen LogP contribution in [-0.4, -0.2) is 14.1 Å². The fraction of sp³-hybridized carbons (Fsp3) is 0.118. The average molecular weight is 289 g/mol. The molecule has 0 N–H and O–H groups in total. The minimum absolute atomic E-state index is 0.588. The highest BCUT2D eigenvalue weighted by Crippen LogP contribution is 2.22. The maximum atomic E-state index is 9.36. The predicted octanol–water partition coefficient (Wildman–Crippen LogP) is 5.18. The molecule has 2 rings (SSSR count). The summed E-state index contributed by atoms with van der Waals surface area (Å²) in [5.74, 6) is 0. The van der Waals surface area contributed by atoms with Crippen molar-refractivity contribution in [2.45, 2.75) is 0 Å². The van der Waals surface area contributed by atoms with Crippen LogP contribution in [0.15, 0.2) is 69.0 Å². The van der Waals surface area contributed by atoms with Crippen molar-refractivity contribution in [3.63, 3.8) is 0 Å². The van der Waals surface area contributed by atoms with Gasteiger partial charge in [-0.3, -0.25) is 0 Å². The van der Waals surface area contributed by atoms with Crippen molar-refractivity contribution in [3.05, 3.63) is 59.7 Å². The lowest BCUT2D eigenvalue weighted by Gasteiger charge is -2.01. The summed E-state index contributed by atoms with van der Waals surface area (Å²) in [6.45, 7) is 0. The molecule has 0 unspecified atom stereocenters. The highest BCUT2D eigenvalue weighted by Gasteiger charge is 2.01. The molecule has 0 aliphatic heterocycles. The van der Waals surface area contributed by atoms with Crippen molar-refractivity contribution in [3.8, 4) is 6.07 Å². The SMILES string of the molecule is CN=Nc1ccc(/C=C(\C#N)c2ccc(N=NC)cc2)cc1. The van der Waals surface area contributed by atoms with Gasteiger partial charge in [0.15, 0.2) is 0 Å². The van der Waals surface area contributed by atoms with E-state index in [1.165, 1.54) is 0 Å². The summed E-state index contributed by atoms with van der Waals surface area (Å²) in [4.78, 5) is 0. The number of nitrogens with zero attached hydrogens (tertiary/aromatic N) is 5. The van der Waals surface area contributed by atoms with Gasteiger partial charge in [0.1, 0.15) is 0 Å². The molecular formula is C17H15N5. The molecule has 0 aliphatic rings. The molecule has 0 fully saturated rings. The quantitative estimate of drug-likeness (QED) is 0.434. The molecule has 5 heteroatoms. The van der Waals surface area contributed by atoms with Crippen LogP contribution in [0.4, 0.5) is 11.4 Å². The normalized spacial score (nSPS) is 12.0. The second-order valence-electron chi connectivity index (χ2n) is 4.41. The molecule has 22 heavy (non-hydrogen) atoms. The number of hydrogen-bond donors (Lipinski definition) is 0. The van der Waals surface area contributed by atoms with Gasteiger partial charge in [0.2, 0.25) is 0 Å². The molecule has 0 aliphatic carbocycles. The summed E-state index contributed by atoms with van der Waals surface area (Å²) in [5.41, 5.74) is 3.91. The number of nitriles is 1. The first kappa shape index (κ1) is 15.3. The zero-order valence-electron chi connectivity index (χ0n) is 12.4. The summed E-state index contributed by atoms with van der Waals surface area (Å²) in [7, 11) is 3.25. The third kappa shape index (κ3) is 3.93. The molecule has 0 radical (unpaired) electrons. The molecule has 108 valence electrons. The smallest absolute Gasteiger partial charge is 0.0998 e. The van der Waals surface area contributed by atoms with Gasteiger partial charge >= 0.3 is 0 Å². The lowest BCUT2D eigenvalue weighted by molar-refractivity contribution is 1.17. The van der Waals surface area contributed by atoms with Crippen LogP contribution in [0, 0.1) is 11.3 Å².